The minimum Gasteiger partial charge on any atom is -0.495 e. The van der Waals surface area contributed by atoms with E-state index in [0.717, 1.165) is 48.4 Å². The molecule has 0 bridgehead atoms. The highest BCUT2D eigenvalue weighted by Gasteiger charge is 2.25. The fourth-order valence-corrected chi connectivity index (χ4v) is 3.91. The molecule has 1 aliphatic heterocycles. The molecule has 2 heterocycles. The van der Waals surface area contributed by atoms with Crippen molar-refractivity contribution in [2.75, 3.05) is 37.0 Å². The van der Waals surface area contributed by atoms with Gasteiger partial charge in [0.15, 0.2) is 0 Å². The number of halogens is 2. The van der Waals surface area contributed by atoms with E-state index in [4.69, 9.17) is 16.3 Å². The molecule has 0 saturated carbocycles. The maximum atomic E-state index is 13.4. The Labute approximate surface area is 174 Å². The monoisotopic (exact) mass is 415 g/mol. The largest absolute Gasteiger partial charge is 0.495 e. The van der Waals surface area contributed by atoms with Crippen LogP contribution < -0.4 is 20.3 Å². The van der Waals surface area contributed by atoms with Crippen molar-refractivity contribution in [1.82, 2.24) is 15.3 Å². The van der Waals surface area contributed by atoms with E-state index in [9.17, 15) is 4.39 Å². The van der Waals surface area contributed by atoms with Crippen LogP contribution in [0.3, 0.4) is 0 Å². The van der Waals surface area contributed by atoms with Crippen LogP contribution in [0, 0.1) is 5.82 Å². The van der Waals surface area contributed by atoms with Crippen LogP contribution in [0.25, 0.3) is 10.9 Å². The van der Waals surface area contributed by atoms with Crippen LogP contribution in [-0.4, -0.2) is 42.8 Å². The molecule has 1 fully saturated rings. The summed E-state index contributed by atoms with van der Waals surface area (Å²) in [4.78, 5) is 11.1. The molecule has 0 aliphatic carbocycles. The van der Waals surface area contributed by atoms with Crippen LogP contribution >= 0.6 is 11.6 Å². The Hall–Kier alpha value is -2.64. The van der Waals surface area contributed by atoms with Crippen molar-refractivity contribution in [3.8, 4) is 5.75 Å². The molecule has 6 nitrogen and oxygen atoms in total. The minimum atomic E-state index is -0.461. The smallest absolute Gasteiger partial charge is 0.143 e. The van der Waals surface area contributed by atoms with Crippen molar-refractivity contribution in [1.29, 1.82) is 0 Å². The van der Waals surface area contributed by atoms with Gasteiger partial charge in [0, 0.05) is 30.2 Å². The number of benzene rings is 2. The Morgan fingerprint density at radius 3 is 2.90 bits per heavy atom. The summed E-state index contributed by atoms with van der Waals surface area (Å²) >= 11 is 5.90. The number of hydrogen-bond acceptors (Lipinski definition) is 6. The zero-order valence-corrected chi connectivity index (χ0v) is 17.1. The van der Waals surface area contributed by atoms with Gasteiger partial charge in [-0.3, -0.25) is 0 Å². The lowest BCUT2D eigenvalue weighted by molar-refractivity contribution is 0.415. The summed E-state index contributed by atoms with van der Waals surface area (Å²) in [5, 5.41) is 7.57. The van der Waals surface area contributed by atoms with E-state index < -0.39 is 5.82 Å². The van der Waals surface area contributed by atoms with Crippen molar-refractivity contribution in [2.24, 2.45) is 0 Å². The van der Waals surface area contributed by atoms with Crippen molar-refractivity contribution in [2.45, 2.75) is 19.4 Å². The molecule has 1 aliphatic rings. The number of methoxy groups -OCH3 is 1. The Morgan fingerprint density at radius 1 is 1.28 bits per heavy atom. The average molecular weight is 416 g/mol. The lowest BCUT2D eigenvalue weighted by Crippen LogP contribution is -2.32. The second-order valence-corrected chi connectivity index (χ2v) is 7.41. The van der Waals surface area contributed by atoms with Gasteiger partial charge in [0.2, 0.25) is 0 Å². The highest BCUT2D eigenvalue weighted by molar-refractivity contribution is 6.31. The van der Waals surface area contributed by atoms with E-state index in [-0.39, 0.29) is 5.02 Å². The fraction of sp³-hybridized carbons (Fsp3) is 0.333. The van der Waals surface area contributed by atoms with Crippen LogP contribution in [-0.2, 0) is 0 Å². The first-order valence-electron chi connectivity index (χ1n) is 9.62. The number of ether oxygens (including phenoxy) is 1. The molecule has 0 radical (unpaired) electrons. The Bertz CT molecular complexity index is 1030. The van der Waals surface area contributed by atoms with E-state index in [1.807, 2.05) is 12.1 Å². The van der Waals surface area contributed by atoms with Crippen molar-refractivity contribution >= 4 is 39.7 Å². The lowest BCUT2D eigenvalue weighted by atomic mass is 10.1. The predicted octanol–water partition coefficient (Wildman–Crippen LogP) is 4.36. The minimum absolute atomic E-state index is 0.0532. The highest BCUT2D eigenvalue weighted by atomic mass is 35.5. The summed E-state index contributed by atoms with van der Waals surface area (Å²) < 4.78 is 19.1. The molecule has 3 aromatic rings. The zero-order chi connectivity index (χ0) is 20.4. The number of hydrogen-bond donors (Lipinski definition) is 2. The number of nitrogens with one attached hydrogen (secondary N) is 2. The number of rotatable bonds is 6. The van der Waals surface area contributed by atoms with Gasteiger partial charge < -0.3 is 20.3 Å². The van der Waals surface area contributed by atoms with Gasteiger partial charge in [-0.05, 0) is 43.3 Å². The summed E-state index contributed by atoms with van der Waals surface area (Å²) in [6.45, 7) is 4.98. The maximum absolute atomic E-state index is 13.4. The molecule has 8 heteroatoms. The van der Waals surface area contributed by atoms with Gasteiger partial charge >= 0.3 is 0 Å². The first kappa shape index (κ1) is 19.7. The molecule has 0 spiro atoms. The molecular weight excluding hydrogens is 393 g/mol. The maximum Gasteiger partial charge on any atom is 0.143 e. The fourth-order valence-electron chi connectivity index (χ4n) is 3.73. The molecular formula is C21H23ClFN5O. The van der Waals surface area contributed by atoms with Crippen LogP contribution in [0.1, 0.15) is 13.3 Å². The quantitative estimate of drug-likeness (QED) is 0.623. The Kier molecular flexibility index (Phi) is 5.69. The van der Waals surface area contributed by atoms with Crippen LogP contribution in [0.5, 0.6) is 5.75 Å². The van der Waals surface area contributed by atoms with E-state index in [1.54, 1.807) is 13.2 Å². The van der Waals surface area contributed by atoms with Gasteiger partial charge in [0.1, 0.15) is 23.7 Å². The number of likely N-dealkylation sites (N-methyl/N-ethyl adjacent to an activating group) is 1. The van der Waals surface area contributed by atoms with Crippen LogP contribution in [0.15, 0.2) is 36.7 Å². The van der Waals surface area contributed by atoms with Crippen LogP contribution in [0.2, 0.25) is 5.02 Å². The Morgan fingerprint density at radius 2 is 2.14 bits per heavy atom. The number of aromatic nitrogens is 2. The van der Waals surface area contributed by atoms with Gasteiger partial charge in [-0.15, -0.1) is 0 Å². The average Bonchev–Trinajstić information content (AvgIpc) is 3.19. The second-order valence-electron chi connectivity index (χ2n) is 7.01. The molecule has 2 aromatic carbocycles. The third-order valence-corrected chi connectivity index (χ3v) is 5.43. The third-order valence-electron chi connectivity index (χ3n) is 5.14. The van der Waals surface area contributed by atoms with E-state index in [2.05, 4.69) is 32.4 Å². The number of fused-ring (bicyclic) bond motifs is 1. The van der Waals surface area contributed by atoms with Crippen molar-refractivity contribution in [3.63, 3.8) is 0 Å². The Balaban J connectivity index is 1.69. The summed E-state index contributed by atoms with van der Waals surface area (Å²) in [7, 11) is 1.67. The summed E-state index contributed by atoms with van der Waals surface area (Å²) in [6.07, 6.45) is 2.61. The SMILES string of the molecule is CCNC1CCN(c2cc3ncnc(Nc4ccc(F)c(Cl)c4)c3cc2OC)C1. The van der Waals surface area contributed by atoms with Gasteiger partial charge in [-0.2, -0.15) is 0 Å². The molecule has 1 atom stereocenters. The first-order chi connectivity index (χ1) is 14.1. The molecule has 1 unspecified atom stereocenters. The predicted molar refractivity (Wildman–Crippen MR) is 115 cm³/mol. The van der Waals surface area contributed by atoms with E-state index in [0.29, 0.717) is 17.5 Å². The second kappa shape index (κ2) is 8.39. The first-order valence-corrected chi connectivity index (χ1v) is 10.00. The van der Waals surface area contributed by atoms with E-state index in [1.165, 1.54) is 18.5 Å². The summed E-state index contributed by atoms with van der Waals surface area (Å²) in [5.74, 6) is 0.914. The molecule has 2 N–H and O–H groups in total. The van der Waals surface area contributed by atoms with Crippen molar-refractivity contribution in [3.05, 3.63) is 47.5 Å². The van der Waals surface area contributed by atoms with Crippen LogP contribution in [0.4, 0.5) is 21.6 Å². The molecule has 1 aromatic heterocycles. The zero-order valence-electron chi connectivity index (χ0n) is 16.4. The standard InChI is InChI=1S/C21H23ClFN5O/c1-3-24-14-6-7-28(11-14)19-10-18-15(9-20(19)29-2)21(26-12-25-18)27-13-4-5-17(23)16(22)8-13/h4-5,8-10,12,14,24H,3,6-7,11H2,1-2H3,(H,25,26,27). The number of anilines is 3. The molecule has 0 amide bonds. The lowest BCUT2D eigenvalue weighted by Gasteiger charge is -2.22. The van der Waals surface area contributed by atoms with E-state index >= 15 is 0 Å². The van der Waals surface area contributed by atoms with Gasteiger partial charge in [0.05, 0.1) is 23.3 Å². The molecule has 4 rings (SSSR count). The van der Waals surface area contributed by atoms with Gasteiger partial charge in [-0.25, -0.2) is 14.4 Å². The summed E-state index contributed by atoms with van der Waals surface area (Å²) in [6, 6.07) is 8.92. The highest BCUT2D eigenvalue weighted by Crippen LogP contribution is 2.37. The van der Waals surface area contributed by atoms with Gasteiger partial charge in [-0.1, -0.05) is 18.5 Å². The molecule has 152 valence electrons. The normalized spacial score (nSPS) is 16.4. The topological polar surface area (TPSA) is 62.3 Å². The van der Waals surface area contributed by atoms with Crippen molar-refractivity contribution < 1.29 is 9.13 Å². The molecule has 29 heavy (non-hydrogen) atoms. The summed E-state index contributed by atoms with van der Waals surface area (Å²) in [5.41, 5.74) is 2.47. The van der Waals surface area contributed by atoms with Gasteiger partial charge in [0.25, 0.3) is 0 Å². The molecule has 1 saturated heterocycles. The third kappa shape index (κ3) is 4.06. The number of nitrogens with zero attached hydrogens (tertiary/aromatic N) is 3.